The first-order valence-electron chi connectivity index (χ1n) is 6.74. The van der Waals surface area contributed by atoms with Crippen LogP contribution >= 0.6 is 0 Å². The average Bonchev–Trinajstić information content (AvgIpc) is 2.99. The molecule has 1 aromatic carbocycles. The first kappa shape index (κ1) is 12.0. The summed E-state index contributed by atoms with van der Waals surface area (Å²) in [5, 5.41) is 2.96. The summed E-state index contributed by atoms with van der Waals surface area (Å²) in [4.78, 5) is 11.9. The Bertz CT molecular complexity index is 560. The van der Waals surface area contributed by atoms with Crippen molar-refractivity contribution in [2.75, 3.05) is 6.54 Å². The highest BCUT2D eigenvalue weighted by atomic mass is 16.3. The van der Waals surface area contributed by atoms with E-state index in [0.717, 1.165) is 12.8 Å². The molecule has 19 heavy (non-hydrogen) atoms. The van der Waals surface area contributed by atoms with Gasteiger partial charge in [0.15, 0.2) is 5.76 Å². The Morgan fingerprint density at radius 1 is 1.26 bits per heavy atom. The molecule has 1 N–H and O–H groups in total. The number of rotatable bonds is 3. The third-order valence-corrected chi connectivity index (χ3v) is 3.75. The molecule has 0 aliphatic heterocycles. The molecule has 2 aromatic rings. The van der Waals surface area contributed by atoms with Crippen LogP contribution in [0.1, 0.15) is 40.4 Å². The normalized spacial score (nSPS) is 17.8. The van der Waals surface area contributed by atoms with Crippen LogP contribution in [0.5, 0.6) is 0 Å². The van der Waals surface area contributed by atoms with Gasteiger partial charge in [0.25, 0.3) is 5.91 Å². The third-order valence-electron chi connectivity index (χ3n) is 3.75. The van der Waals surface area contributed by atoms with Gasteiger partial charge in [0.05, 0.1) is 6.26 Å². The number of aryl methyl sites for hydroxylation is 1. The summed E-state index contributed by atoms with van der Waals surface area (Å²) in [7, 11) is 0. The Morgan fingerprint density at radius 2 is 2.16 bits per heavy atom. The quantitative estimate of drug-likeness (QED) is 0.915. The lowest BCUT2D eigenvalue weighted by molar-refractivity contribution is 0.0922. The highest BCUT2D eigenvalue weighted by molar-refractivity contribution is 5.91. The summed E-state index contributed by atoms with van der Waals surface area (Å²) >= 11 is 0. The van der Waals surface area contributed by atoms with Crippen LogP contribution in [0.15, 0.2) is 47.1 Å². The molecule has 0 spiro atoms. The van der Waals surface area contributed by atoms with Gasteiger partial charge in [0.1, 0.15) is 0 Å². The SMILES string of the molecule is O=C(NCC1CCCc2ccccc21)c1ccco1. The van der Waals surface area contributed by atoms with E-state index < -0.39 is 0 Å². The molecule has 1 aliphatic carbocycles. The van der Waals surface area contributed by atoms with Crippen molar-refractivity contribution in [3.8, 4) is 0 Å². The molecule has 1 atom stereocenters. The number of amides is 1. The number of fused-ring (bicyclic) bond motifs is 1. The van der Waals surface area contributed by atoms with Crippen LogP contribution in [-0.4, -0.2) is 12.5 Å². The van der Waals surface area contributed by atoms with Gasteiger partial charge in [-0.2, -0.15) is 0 Å². The van der Waals surface area contributed by atoms with Crippen LogP contribution in [0.4, 0.5) is 0 Å². The topological polar surface area (TPSA) is 42.2 Å². The van der Waals surface area contributed by atoms with Gasteiger partial charge in [-0.05, 0) is 42.5 Å². The maximum Gasteiger partial charge on any atom is 0.286 e. The molecule has 1 amide bonds. The molecule has 1 heterocycles. The summed E-state index contributed by atoms with van der Waals surface area (Å²) in [6.45, 7) is 0.677. The molecule has 0 radical (unpaired) electrons. The van der Waals surface area contributed by atoms with Gasteiger partial charge in [0, 0.05) is 12.5 Å². The lowest BCUT2D eigenvalue weighted by Gasteiger charge is -2.25. The minimum absolute atomic E-state index is 0.131. The standard InChI is InChI=1S/C16H17NO2/c18-16(15-9-4-10-19-15)17-11-13-7-3-6-12-5-1-2-8-14(12)13/h1-2,4-5,8-10,13H,3,6-7,11H2,(H,17,18). The second-order valence-corrected chi connectivity index (χ2v) is 4.98. The number of hydrogen-bond acceptors (Lipinski definition) is 2. The van der Waals surface area contributed by atoms with Gasteiger partial charge in [-0.15, -0.1) is 0 Å². The van der Waals surface area contributed by atoms with E-state index in [1.807, 2.05) is 0 Å². The Morgan fingerprint density at radius 3 is 3.00 bits per heavy atom. The number of carbonyl (C=O) groups excluding carboxylic acids is 1. The van der Waals surface area contributed by atoms with Crippen molar-refractivity contribution in [1.29, 1.82) is 0 Å². The van der Waals surface area contributed by atoms with Gasteiger partial charge < -0.3 is 9.73 Å². The Kier molecular flexibility index (Phi) is 3.36. The maximum absolute atomic E-state index is 11.9. The molecule has 1 unspecified atom stereocenters. The molecule has 1 aliphatic rings. The number of benzene rings is 1. The highest BCUT2D eigenvalue weighted by Gasteiger charge is 2.20. The number of nitrogens with one attached hydrogen (secondary N) is 1. The fourth-order valence-electron chi connectivity index (χ4n) is 2.78. The first-order chi connectivity index (χ1) is 9.34. The molecule has 98 valence electrons. The predicted molar refractivity (Wildman–Crippen MR) is 73.2 cm³/mol. The van der Waals surface area contributed by atoms with Gasteiger partial charge >= 0.3 is 0 Å². The zero-order chi connectivity index (χ0) is 13.1. The monoisotopic (exact) mass is 255 g/mol. The number of carbonyl (C=O) groups is 1. The summed E-state index contributed by atoms with van der Waals surface area (Å²) < 4.78 is 5.09. The molecular weight excluding hydrogens is 238 g/mol. The molecule has 3 rings (SSSR count). The highest BCUT2D eigenvalue weighted by Crippen LogP contribution is 2.30. The van der Waals surface area contributed by atoms with Gasteiger partial charge in [0.2, 0.25) is 0 Å². The van der Waals surface area contributed by atoms with Gasteiger partial charge in [-0.1, -0.05) is 24.3 Å². The molecule has 0 fully saturated rings. The second-order valence-electron chi connectivity index (χ2n) is 4.98. The van der Waals surface area contributed by atoms with E-state index in [9.17, 15) is 4.79 Å². The van der Waals surface area contributed by atoms with E-state index >= 15 is 0 Å². The average molecular weight is 255 g/mol. The van der Waals surface area contributed by atoms with E-state index in [1.54, 1.807) is 12.1 Å². The minimum atomic E-state index is -0.131. The first-order valence-corrected chi connectivity index (χ1v) is 6.74. The van der Waals surface area contributed by atoms with E-state index in [0.29, 0.717) is 18.2 Å². The summed E-state index contributed by atoms with van der Waals surface area (Å²) in [6, 6.07) is 11.9. The van der Waals surface area contributed by atoms with Crippen LogP contribution in [0.25, 0.3) is 0 Å². The maximum atomic E-state index is 11.9. The minimum Gasteiger partial charge on any atom is -0.459 e. The van der Waals surface area contributed by atoms with Crippen molar-refractivity contribution in [2.45, 2.75) is 25.2 Å². The smallest absolute Gasteiger partial charge is 0.286 e. The van der Waals surface area contributed by atoms with Crippen LogP contribution in [0.2, 0.25) is 0 Å². The fourth-order valence-corrected chi connectivity index (χ4v) is 2.78. The molecule has 3 nitrogen and oxygen atoms in total. The second kappa shape index (κ2) is 5.31. The summed E-state index contributed by atoms with van der Waals surface area (Å²) in [6.07, 6.45) is 5.00. The van der Waals surface area contributed by atoms with Gasteiger partial charge in [-0.25, -0.2) is 0 Å². The van der Waals surface area contributed by atoms with E-state index in [2.05, 4.69) is 29.6 Å². The van der Waals surface area contributed by atoms with Crippen molar-refractivity contribution >= 4 is 5.91 Å². The predicted octanol–water partition coefficient (Wildman–Crippen LogP) is 3.13. The Hall–Kier alpha value is -2.03. The van der Waals surface area contributed by atoms with Crippen molar-refractivity contribution in [2.24, 2.45) is 0 Å². The Labute approximate surface area is 112 Å². The molecule has 0 saturated carbocycles. The van der Waals surface area contributed by atoms with E-state index in [-0.39, 0.29) is 5.91 Å². The van der Waals surface area contributed by atoms with Crippen LogP contribution in [0.3, 0.4) is 0 Å². The number of furan rings is 1. The zero-order valence-corrected chi connectivity index (χ0v) is 10.8. The van der Waals surface area contributed by atoms with Crippen LogP contribution in [-0.2, 0) is 6.42 Å². The molecule has 1 aromatic heterocycles. The van der Waals surface area contributed by atoms with Crippen molar-refractivity contribution in [1.82, 2.24) is 5.32 Å². The summed E-state index contributed by atoms with van der Waals surface area (Å²) in [5.74, 6) is 0.668. The molecular formula is C16H17NO2. The Balaban J connectivity index is 1.67. The third kappa shape index (κ3) is 2.55. The van der Waals surface area contributed by atoms with Crippen molar-refractivity contribution in [3.05, 3.63) is 59.5 Å². The summed E-state index contributed by atoms with van der Waals surface area (Å²) in [5.41, 5.74) is 2.81. The van der Waals surface area contributed by atoms with Crippen LogP contribution in [0, 0.1) is 0 Å². The molecule has 3 heteroatoms. The lowest BCUT2D eigenvalue weighted by Crippen LogP contribution is -2.29. The van der Waals surface area contributed by atoms with Crippen molar-refractivity contribution < 1.29 is 9.21 Å². The van der Waals surface area contributed by atoms with Crippen molar-refractivity contribution in [3.63, 3.8) is 0 Å². The lowest BCUT2D eigenvalue weighted by atomic mass is 9.83. The molecule has 0 saturated heterocycles. The zero-order valence-electron chi connectivity index (χ0n) is 10.8. The van der Waals surface area contributed by atoms with Crippen LogP contribution < -0.4 is 5.32 Å². The van der Waals surface area contributed by atoms with Gasteiger partial charge in [-0.3, -0.25) is 4.79 Å². The largest absolute Gasteiger partial charge is 0.459 e. The molecule has 0 bridgehead atoms. The van der Waals surface area contributed by atoms with E-state index in [4.69, 9.17) is 4.42 Å². The van der Waals surface area contributed by atoms with E-state index in [1.165, 1.54) is 23.8 Å². The fraction of sp³-hybridized carbons (Fsp3) is 0.312. The number of hydrogen-bond donors (Lipinski definition) is 1.